The van der Waals surface area contributed by atoms with Crippen molar-refractivity contribution in [3.05, 3.63) is 12.3 Å². The second kappa shape index (κ2) is 4.33. The Bertz CT molecular complexity index is 98.6. The Kier molecular flexibility index (Phi) is 3.88. The summed E-state index contributed by atoms with van der Waals surface area (Å²) in [4.78, 5) is 10.1. The highest BCUT2D eigenvalue weighted by Crippen LogP contribution is 1.63. The summed E-state index contributed by atoms with van der Waals surface area (Å²) >= 11 is 0. The fraction of sp³-hybridized carbons (Fsp3) is 0.400. The van der Waals surface area contributed by atoms with Crippen LogP contribution in [-0.2, 0) is 4.79 Å². The van der Waals surface area contributed by atoms with Crippen molar-refractivity contribution in [3.8, 4) is 0 Å². The van der Waals surface area contributed by atoms with Gasteiger partial charge in [-0.2, -0.15) is 0 Å². The van der Waals surface area contributed by atoms with Gasteiger partial charge < -0.3 is 10.4 Å². The van der Waals surface area contributed by atoms with Crippen molar-refractivity contribution in [2.45, 2.75) is 6.92 Å². The van der Waals surface area contributed by atoms with E-state index < -0.39 is 0 Å². The van der Waals surface area contributed by atoms with E-state index in [0.29, 0.717) is 0 Å². The van der Waals surface area contributed by atoms with Crippen molar-refractivity contribution in [1.82, 2.24) is 5.32 Å². The zero-order valence-electron chi connectivity index (χ0n) is 4.72. The van der Waals surface area contributed by atoms with Gasteiger partial charge in [0.1, 0.15) is 0 Å². The Labute approximate surface area is 48.0 Å². The molecule has 0 aliphatic rings. The lowest BCUT2D eigenvalue weighted by Crippen LogP contribution is -2.11. The highest BCUT2D eigenvalue weighted by Gasteiger charge is 1.78. The van der Waals surface area contributed by atoms with Gasteiger partial charge in [0.15, 0.2) is 0 Å². The van der Waals surface area contributed by atoms with E-state index in [1.54, 1.807) is 0 Å². The first kappa shape index (κ1) is 7.17. The van der Waals surface area contributed by atoms with Gasteiger partial charge >= 0.3 is 0 Å². The molecule has 0 unspecified atom stereocenters. The van der Waals surface area contributed by atoms with Gasteiger partial charge in [0, 0.05) is 13.1 Å². The molecule has 0 rings (SSSR count). The van der Waals surface area contributed by atoms with Crippen molar-refractivity contribution in [3.63, 3.8) is 0 Å². The highest BCUT2D eigenvalue weighted by atomic mass is 16.2. The SMILES string of the molecule is CC(=O)NC=CCO. The maximum Gasteiger partial charge on any atom is 0.220 e. The highest BCUT2D eigenvalue weighted by molar-refractivity contribution is 5.73. The number of rotatable bonds is 2. The molecular formula is C5H9NO2. The maximum atomic E-state index is 10.1. The summed E-state index contributed by atoms with van der Waals surface area (Å²) in [6.07, 6.45) is 2.85. The molecule has 0 atom stereocenters. The summed E-state index contributed by atoms with van der Waals surface area (Å²) in [7, 11) is 0. The van der Waals surface area contributed by atoms with E-state index in [4.69, 9.17) is 5.11 Å². The van der Waals surface area contributed by atoms with E-state index in [9.17, 15) is 4.79 Å². The van der Waals surface area contributed by atoms with Crippen LogP contribution in [0.15, 0.2) is 12.3 Å². The van der Waals surface area contributed by atoms with Gasteiger partial charge in [-0.05, 0) is 6.08 Å². The molecule has 3 nitrogen and oxygen atoms in total. The van der Waals surface area contributed by atoms with Gasteiger partial charge in [-0.15, -0.1) is 0 Å². The van der Waals surface area contributed by atoms with E-state index in [-0.39, 0.29) is 12.5 Å². The monoisotopic (exact) mass is 115 g/mol. The van der Waals surface area contributed by atoms with Crippen molar-refractivity contribution in [2.24, 2.45) is 0 Å². The van der Waals surface area contributed by atoms with Crippen LogP contribution in [0.2, 0.25) is 0 Å². The van der Waals surface area contributed by atoms with Crippen LogP contribution in [-0.4, -0.2) is 17.6 Å². The number of hydrogen-bond acceptors (Lipinski definition) is 2. The minimum atomic E-state index is -0.130. The summed E-state index contributed by atoms with van der Waals surface area (Å²) in [6, 6.07) is 0. The van der Waals surface area contributed by atoms with Crippen LogP contribution in [0.3, 0.4) is 0 Å². The molecule has 0 aliphatic heterocycles. The standard InChI is InChI=1S/C5H9NO2/c1-5(8)6-3-2-4-7/h2-3,7H,4H2,1H3,(H,6,8). The maximum absolute atomic E-state index is 10.1. The Morgan fingerprint density at radius 1 is 1.88 bits per heavy atom. The summed E-state index contributed by atoms with van der Waals surface area (Å²) < 4.78 is 0. The van der Waals surface area contributed by atoms with Gasteiger partial charge in [-0.25, -0.2) is 0 Å². The average Bonchev–Trinajstić information content (AvgIpc) is 1.66. The molecule has 0 fully saturated rings. The average molecular weight is 115 g/mol. The Hall–Kier alpha value is -0.830. The van der Waals surface area contributed by atoms with Crippen molar-refractivity contribution in [1.29, 1.82) is 0 Å². The zero-order chi connectivity index (χ0) is 6.41. The molecule has 3 heteroatoms. The van der Waals surface area contributed by atoms with E-state index in [0.717, 1.165) is 0 Å². The van der Waals surface area contributed by atoms with E-state index in [2.05, 4.69) is 5.32 Å². The molecule has 0 saturated carbocycles. The van der Waals surface area contributed by atoms with Crippen molar-refractivity contribution < 1.29 is 9.90 Å². The fourth-order valence-corrected chi connectivity index (χ4v) is 0.229. The summed E-state index contributed by atoms with van der Waals surface area (Å²) in [5, 5.41) is 10.5. The molecule has 0 radical (unpaired) electrons. The normalized spacial score (nSPS) is 9.75. The number of nitrogens with one attached hydrogen (secondary N) is 1. The molecule has 46 valence electrons. The minimum absolute atomic E-state index is 0.0414. The van der Waals surface area contributed by atoms with Gasteiger partial charge in [0.25, 0.3) is 0 Å². The first-order chi connectivity index (χ1) is 3.77. The van der Waals surface area contributed by atoms with Crippen LogP contribution in [0.4, 0.5) is 0 Å². The third kappa shape index (κ3) is 5.17. The van der Waals surface area contributed by atoms with E-state index >= 15 is 0 Å². The number of carbonyl (C=O) groups excluding carboxylic acids is 1. The van der Waals surface area contributed by atoms with Gasteiger partial charge in [-0.1, -0.05) is 0 Å². The predicted octanol–water partition coefficient (Wildman–Crippen LogP) is -0.371. The van der Waals surface area contributed by atoms with E-state index in [1.165, 1.54) is 19.2 Å². The zero-order valence-corrected chi connectivity index (χ0v) is 4.72. The van der Waals surface area contributed by atoms with Crippen LogP contribution in [0.25, 0.3) is 0 Å². The molecule has 8 heavy (non-hydrogen) atoms. The quantitative estimate of drug-likeness (QED) is 0.515. The topological polar surface area (TPSA) is 49.3 Å². The van der Waals surface area contributed by atoms with Crippen LogP contribution in [0.5, 0.6) is 0 Å². The molecule has 0 aromatic rings. The number of aliphatic hydroxyl groups is 1. The predicted molar refractivity (Wildman–Crippen MR) is 30.0 cm³/mol. The Morgan fingerprint density at radius 3 is 2.88 bits per heavy atom. The molecule has 0 aliphatic carbocycles. The molecule has 0 aromatic heterocycles. The molecular weight excluding hydrogens is 106 g/mol. The number of carbonyl (C=O) groups is 1. The second-order valence-electron chi connectivity index (χ2n) is 1.29. The summed E-state index contributed by atoms with van der Waals surface area (Å²) in [6.45, 7) is 1.36. The molecule has 0 aromatic carbocycles. The molecule has 2 N–H and O–H groups in total. The lowest BCUT2D eigenvalue weighted by molar-refractivity contribution is -0.118. The van der Waals surface area contributed by atoms with E-state index in [1.807, 2.05) is 0 Å². The Morgan fingerprint density at radius 2 is 2.50 bits per heavy atom. The van der Waals surface area contributed by atoms with Crippen LogP contribution < -0.4 is 5.32 Å². The third-order valence-corrected chi connectivity index (χ3v) is 0.510. The summed E-state index contributed by atoms with van der Waals surface area (Å²) in [5.41, 5.74) is 0. The van der Waals surface area contributed by atoms with Crippen LogP contribution in [0, 0.1) is 0 Å². The van der Waals surface area contributed by atoms with Crippen molar-refractivity contribution >= 4 is 5.91 Å². The minimum Gasteiger partial charge on any atom is -0.392 e. The molecule has 0 heterocycles. The second-order valence-corrected chi connectivity index (χ2v) is 1.29. The molecule has 1 amide bonds. The smallest absolute Gasteiger partial charge is 0.220 e. The van der Waals surface area contributed by atoms with Crippen LogP contribution in [0.1, 0.15) is 6.92 Å². The lowest BCUT2D eigenvalue weighted by atomic mass is 10.6. The number of hydrogen-bond donors (Lipinski definition) is 2. The molecule has 0 bridgehead atoms. The van der Waals surface area contributed by atoms with Crippen molar-refractivity contribution in [2.75, 3.05) is 6.61 Å². The largest absolute Gasteiger partial charge is 0.392 e. The fourth-order valence-electron chi connectivity index (χ4n) is 0.229. The Balaban J connectivity index is 3.16. The van der Waals surface area contributed by atoms with Gasteiger partial charge in [0.05, 0.1) is 6.61 Å². The third-order valence-electron chi connectivity index (χ3n) is 0.510. The molecule has 0 saturated heterocycles. The van der Waals surface area contributed by atoms with Crippen LogP contribution >= 0.6 is 0 Å². The first-order valence-corrected chi connectivity index (χ1v) is 2.30. The first-order valence-electron chi connectivity index (χ1n) is 2.30. The molecule has 0 spiro atoms. The summed E-state index contributed by atoms with van der Waals surface area (Å²) in [5.74, 6) is -0.130. The van der Waals surface area contributed by atoms with Gasteiger partial charge in [0.2, 0.25) is 5.91 Å². The number of aliphatic hydroxyl groups excluding tert-OH is 1. The lowest BCUT2D eigenvalue weighted by Gasteiger charge is -1.86. The number of amides is 1. The van der Waals surface area contributed by atoms with Gasteiger partial charge in [-0.3, -0.25) is 4.79 Å².